The summed E-state index contributed by atoms with van der Waals surface area (Å²) in [5, 5.41) is 12.4. The van der Waals surface area contributed by atoms with Gasteiger partial charge in [0.15, 0.2) is 0 Å². The second kappa shape index (κ2) is 1.70. The van der Waals surface area contributed by atoms with E-state index in [-0.39, 0.29) is 0 Å². The molecule has 0 unspecified atom stereocenters. The van der Waals surface area contributed by atoms with Gasteiger partial charge in [-0.1, -0.05) is 0 Å². The molecule has 0 radical (unpaired) electrons. The molecule has 9 heavy (non-hydrogen) atoms. The molecule has 2 bridgehead atoms. The molecule has 2 atom stereocenters. The molecule has 0 spiro atoms. The number of nitrogens with one attached hydrogen (secondary N) is 1. The second-order valence-corrected chi connectivity index (χ2v) is 3.48. The molecular weight excluding hydrogens is 114 g/mol. The minimum absolute atomic E-state index is 0.296. The Balaban J connectivity index is 2.13. The fraction of sp³-hybridized carbons (Fsp3) is 1.00. The highest BCUT2D eigenvalue weighted by atomic mass is 16.3. The van der Waals surface area contributed by atoms with E-state index < -0.39 is 0 Å². The summed E-state index contributed by atoms with van der Waals surface area (Å²) in [4.78, 5) is 0. The van der Waals surface area contributed by atoms with E-state index in [9.17, 15) is 0 Å². The molecule has 1 heterocycles. The normalized spacial score (nSPS) is 48.3. The standard InChI is InChI=1S/C7H13NO/c9-5-7-2-1-6(3-7)8-4-7/h6,8-9H,1-5H2/t6-,7-/m1/s1. The maximum atomic E-state index is 9.00. The van der Waals surface area contributed by atoms with Crippen LogP contribution in [0.5, 0.6) is 0 Å². The van der Waals surface area contributed by atoms with Crippen molar-refractivity contribution in [3.8, 4) is 0 Å². The van der Waals surface area contributed by atoms with Crippen LogP contribution in [0.3, 0.4) is 0 Å². The zero-order valence-electron chi connectivity index (χ0n) is 5.56. The highest BCUT2D eigenvalue weighted by Crippen LogP contribution is 2.41. The Bertz CT molecular complexity index is 116. The Morgan fingerprint density at radius 1 is 1.67 bits per heavy atom. The van der Waals surface area contributed by atoms with Crippen LogP contribution in [0.25, 0.3) is 0 Å². The molecule has 2 fully saturated rings. The van der Waals surface area contributed by atoms with Gasteiger partial charge in [0.25, 0.3) is 0 Å². The highest BCUT2D eigenvalue weighted by Gasteiger charge is 2.43. The summed E-state index contributed by atoms with van der Waals surface area (Å²) in [6.45, 7) is 1.44. The molecule has 0 aromatic rings. The predicted molar refractivity (Wildman–Crippen MR) is 35.2 cm³/mol. The Kier molecular flexibility index (Phi) is 1.08. The van der Waals surface area contributed by atoms with Crippen LogP contribution in [0.2, 0.25) is 0 Å². The zero-order chi connectivity index (χ0) is 6.32. The molecule has 2 aliphatic rings. The molecule has 2 heteroatoms. The van der Waals surface area contributed by atoms with Crippen molar-refractivity contribution in [2.45, 2.75) is 25.3 Å². The third kappa shape index (κ3) is 0.700. The molecule has 2 rings (SSSR count). The average molecular weight is 127 g/mol. The average Bonchev–Trinajstić information content (AvgIpc) is 2.46. The smallest absolute Gasteiger partial charge is 0.0500 e. The number of fused-ring (bicyclic) bond motifs is 2. The second-order valence-electron chi connectivity index (χ2n) is 3.48. The van der Waals surface area contributed by atoms with Gasteiger partial charge in [-0.05, 0) is 19.3 Å². The Morgan fingerprint density at radius 3 is 2.78 bits per heavy atom. The van der Waals surface area contributed by atoms with Gasteiger partial charge in [0.05, 0.1) is 0 Å². The first-order chi connectivity index (χ1) is 4.35. The van der Waals surface area contributed by atoms with Crippen LogP contribution in [-0.2, 0) is 0 Å². The van der Waals surface area contributed by atoms with Crippen molar-refractivity contribution >= 4 is 0 Å². The lowest BCUT2D eigenvalue weighted by Gasteiger charge is -2.22. The molecule has 1 saturated heterocycles. The van der Waals surface area contributed by atoms with Crippen molar-refractivity contribution in [1.82, 2.24) is 5.32 Å². The molecule has 52 valence electrons. The van der Waals surface area contributed by atoms with Crippen molar-refractivity contribution in [3.63, 3.8) is 0 Å². The van der Waals surface area contributed by atoms with Gasteiger partial charge in [-0.25, -0.2) is 0 Å². The summed E-state index contributed by atoms with van der Waals surface area (Å²) in [6.07, 6.45) is 3.73. The van der Waals surface area contributed by atoms with Gasteiger partial charge in [-0.2, -0.15) is 0 Å². The van der Waals surface area contributed by atoms with Crippen molar-refractivity contribution in [3.05, 3.63) is 0 Å². The van der Waals surface area contributed by atoms with E-state index >= 15 is 0 Å². The number of aliphatic hydroxyl groups is 1. The lowest BCUT2D eigenvalue weighted by molar-refractivity contribution is 0.144. The first kappa shape index (κ1) is 5.69. The van der Waals surface area contributed by atoms with E-state index in [1.54, 1.807) is 0 Å². The molecule has 0 aromatic carbocycles. The first-order valence-corrected chi connectivity index (χ1v) is 3.69. The fourth-order valence-corrected chi connectivity index (χ4v) is 2.10. The van der Waals surface area contributed by atoms with E-state index in [1.807, 2.05) is 0 Å². The Morgan fingerprint density at radius 2 is 2.56 bits per heavy atom. The zero-order valence-corrected chi connectivity index (χ0v) is 5.56. The van der Waals surface area contributed by atoms with E-state index in [1.165, 1.54) is 19.3 Å². The van der Waals surface area contributed by atoms with E-state index in [2.05, 4.69) is 5.32 Å². The highest BCUT2D eigenvalue weighted by molar-refractivity contribution is 4.99. The molecule has 2 N–H and O–H groups in total. The minimum Gasteiger partial charge on any atom is -0.396 e. The monoisotopic (exact) mass is 127 g/mol. The van der Waals surface area contributed by atoms with Gasteiger partial charge in [0.2, 0.25) is 0 Å². The molecule has 1 aliphatic heterocycles. The van der Waals surface area contributed by atoms with Gasteiger partial charge in [0.1, 0.15) is 0 Å². The van der Waals surface area contributed by atoms with E-state index in [4.69, 9.17) is 5.11 Å². The van der Waals surface area contributed by atoms with Gasteiger partial charge in [-0.15, -0.1) is 0 Å². The summed E-state index contributed by atoms with van der Waals surface area (Å²) < 4.78 is 0. The fourth-order valence-electron chi connectivity index (χ4n) is 2.10. The summed E-state index contributed by atoms with van der Waals surface area (Å²) in [5.74, 6) is 0. The summed E-state index contributed by atoms with van der Waals surface area (Å²) in [5.41, 5.74) is 0.296. The summed E-state index contributed by atoms with van der Waals surface area (Å²) in [7, 11) is 0. The summed E-state index contributed by atoms with van der Waals surface area (Å²) in [6, 6.07) is 0.733. The van der Waals surface area contributed by atoms with E-state index in [0.717, 1.165) is 12.6 Å². The van der Waals surface area contributed by atoms with Gasteiger partial charge < -0.3 is 10.4 Å². The lowest BCUT2D eigenvalue weighted by Crippen LogP contribution is -2.31. The number of piperidine rings is 1. The SMILES string of the molecule is OC[C@]12CC[C@H](C1)NC2. The van der Waals surface area contributed by atoms with Crippen molar-refractivity contribution in [2.75, 3.05) is 13.2 Å². The number of hydrogen-bond donors (Lipinski definition) is 2. The van der Waals surface area contributed by atoms with Crippen molar-refractivity contribution in [2.24, 2.45) is 5.41 Å². The van der Waals surface area contributed by atoms with Gasteiger partial charge in [0, 0.05) is 24.6 Å². The predicted octanol–water partition coefficient (Wildman–Crippen LogP) is 0.121. The third-order valence-electron chi connectivity index (χ3n) is 2.80. The molecule has 0 aromatic heterocycles. The van der Waals surface area contributed by atoms with Crippen molar-refractivity contribution < 1.29 is 5.11 Å². The van der Waals surface area contributed by atoms with Crippen LogP contribution in [0.1, 0.15) is 19.3 Å². The molecule has 1 aliphatic carbocycles. The number of aliphatic hydroxyl groups excluding tert-OH is 1. The molecule has 1 saturated carbocycles. The maximum absolute atomic E-state index is 9.00. The lowest BCUT2D eigenvalue weighted by atomic mass is 9.89. The molecule has 2 nitrogen and oxygen atoms in total. The van der Waals surface area contributed by atoms with Crippen LogP contribution in [0.15, 0.2) is 0 Å². The van der Waals surface area contributed by atoms with Crippen molar-refractivity contribution in [1.29, 1.82) is 0 Å². The van der Waals surface area contributed by atoms with E-state index in [0.29, 0.717) is 12.0 Å². The van der Waals surface area contributed by atoms with Crippen LogP contribution < -0.4 is 5.32 Å². The molecular formula is C7H13NO. The van der Waals surface area contributed by atoms with Crippen LogP contribution in [-0.4, -0.2) is 24.3 Å². The van der Waals surface area contributed by atoms with Gasteiger partial charge in [-0.3, -0.25) is 0 Å². The Labute approximate surface area is 55.3 Å². The number of hydrogen-bond acceptors (Lipinski definition) is 2. The molecule has 0 amide bonds. The first-order valence-electron chi connectivity index (χ1n) is 3.69. The Hall–Kier alpha value is -0.0800. The summed E-state index contributed by atoms with van der Waals surface area (Å²) >= 11 is 0. The third-order valence-corrected chi connectivity index (χ3v) is 2.80. The van der Waals surface area contributed by atoms with Gasteiger partial charge >= 0.3 is 0 Å². The largest absolute Gasteiger partial charge is 0.396 e. The maximum Gasteiger partial charge on any atom is 0.0500 e. The van der Waals surface area contributed by atoms with Crippen LogP contribution in [0.4, 0.5) is 0 Å². The quantitative estimate of drug-likeness (QED) is 0.524. The minimum atomic E-state index is 0.296. The number of rotatable bonds is 1. The van der Waals surface area contributed by atoms with Crippen LogP contribution >= 0.6 is 0 Å². The van der Waals surface area contributed by atoms with Crippen LogP contribution in [0, 0.1) is 5.41 Å². The topological polar surface area (TPSA) is 32.3 Å².